The van der Waals surface area contributed by atoms with Gasteiger partial charge in [-0.3, -0.25) is 19.6 Å². The van der Waals surface area contributed by atoms with Gasteiger partial charge in [0, 0.05) is 29.9 Å². The van der Waals surface area contributed by atoms with Crippen LogP contribution in [0.4, 0.5) is 5.69 Å². The highest BCUT2D eigenvalue weighted by atomic mass is 35.5. The number of carbonyl (C=O) groups excluding carboxylic acids is 1. The van der Waals surface area contributed by atoms with Crippen molar-refractivity contribution in [2.75, 3.05) is 38.6 Å². The van der Waals surface area contributed by atoms with Gasteiger partial charge in [-0.15, -0.1) is 19.0 Å². The number of para-hydroxylation sites is 1. The number of nitrogens with zero attached hydrogens (tertiary/aromatic N) is 3. The van der Waals surface area contributed by atoms with E-state index in [0.29, 0.717) is 11.8 Å². The lowest BCUT2D eigenvalue weighted by Gasteiger charge is -2.50. The Hall–Kier alpha value is -3.01. The van der Waals surface area contributed by atoms with Crippen molar-refractivity contribution in [3.05, 3.63) is 78.0 Å². The Morgan fingerprint density at radius 3 is 2.57 bits per heavy atom. The SMILES string of the molecule is C=C[C@H]1C[N@]2CC[C@H]1C[C@@H]2[C@@H](O)c1ccnc2ccc(OC)cc12.CCCCN1CCCCC1C(=O)Nc1c(C)cccc1C.Cl.O. The van der Waals surface area contributed by atoms with Crippen LogP contribution < -0.4 is 10.1 Å². The highest BCUT2D eigenvalue weighted by Gasteiger charge is 2.42. The molecule has 4 aliphatic heterocycles. The van der Waals surface area contributed by atoms with Gasteiger partial charge in [0.2, 0.25) is 5.91 Å². The Kier molecular flexibility index (Phi) is 14.7. The van der Waals surface area contributed by atoms with Crippen LogP contribution in [0.3, 0.4) is 0 Å². The smallest absolute Gasteiger partial charge is 0.241 e. The lowest BCUT2D eigenvalue weighted by atomic mass is 9.73. The van der Waals surface area contributed by atoms with Crippen LogP contribution in [0.5, 0.6) is 5.75 Å². The third-order valence-electron chi connectivity index (χ3n) is 10.3. The van der Waals surface area contributed by atoms with E-state index in [9.17, 15) is 9.90 Å². The molecule has 9 heteroatoms. The number of likely N-dealkylation sites (tertiary alicyclic amines) is 1. The number of rotatable bonds is 9. The summed E-state index contributed by atoms with van der Waals surface area (Å²) in [4.78, 5) is 21.9. The van der Waals surface area contributed by atoms with Crippen molar-refractivity contribution in [1.29, 1.82) is 0 Å². The molecule has 0 saturated carbocycles. The number of amides is 1. The molecule has 1 amide bonds. The second kappa shape index (κ2) is 17.9. The molecule has 1 unspecified atom stereocenters. The molecular weight excluding hydrogens is 612 g/mol. The third kappa shape index (κ3) is 8.92. The number of unbranched alkanes of at least 4 members (excludes halogenated alkanes) is 1. The van der Waals surface area contributed by atoms with Crippen molar-refractivity contribution in [3.63, 3.8) is 0 Å². The maximum atomic E-state index is 12.7. The van der Waals surface area contributed by atoms with Gasteiger partial charge in [-0.25, -0.2) is 0 Å². The van der Waals surface area contributed by atoms with E-state index in [0.717, 1.165) is 84.5 Å². The Bertz CT molecular complexity index is 1450. The minimum atomic E-state index is -0.504. The van der Waals surface area contributed by atoms with Crippen LogP contribution in [0.1, 0.15) is 74.7 Å². The zero-order valence-electron chi connectivity index (χ0n) is 28.6. The van der Waals surface area contributed by atoms with Crippen LogP contribution in [-0.2, 0) is 4.79 Å². The Morgan fingerprint density at radius 1 is 1.15 bits per heavy atom. The van der Waals surface area contributed by atoms with E-state index in [1.165, 1.54) is 25.7 Å². The number of aliphatic hydroxyl groups is 1. The van der Waals surface area contributed by atoms with Crippen LogP contribution in [0.15, 0.2) is 61.3 Å². The maximum Gasteiger partial charge on any atom is 0.241 e. The summed E-state index contributed by atoms with van der Waals surface area (Å²) in [6.45, 7) is 14.5. The molecule has 8 nitrogen and oxygen atoms in total. The van der Waals surface area contributed by atoms with Gasteiger partial charge in [-0.05, 0) is 118 Å². The number of carbonyl (C=O) groups is 1. The van der Waals surface area contributed by atoms with Crippen LogP contribution >= 0.6 is 12.4 Å². The number of aryl methyl sites for hydroxylation is 2. The molecule has 2 bridgehead atoms. The number of hydrogen-bond donors (Lipinski definition) is 2. The molecule has 47 heavy (non-hydrogen) atoms. The van der Waals surface area contributed by atoms with Crippen molar-refractivity contribution in [1.82, 2.24) is 14.8 Å². The minimum absolute atomic E-state index is 0. The summed E-state index contributed by atoms with van der Waals surface area (Å²) >= 11 is 0. The van der Waals surface area contributed by atoms with Crippen LogP contribution in [-0.4, -0.2) is 76.6 Å². The topological polar surface area (TPSA) is 109 Å². The molecule has 1 aromatic heterocycles. The molecule has 258 valence electrons. The van der Waals surface area contributed by atoms with E-state index in [4.69, 9.17) is 4.74 Å². The van der Waals surface area contributed by atoms with Crippen molar-refractivity contribution < 1.29 is 20.1 Å². The summed E-state index contributed by atoms with van der Waals surface area (Å²) in [5.41, 5.74) is 5.11. The second-order valence-electron chi connectivity index (χ2n) is 13.1. The summed E-state index contributed by atoms with van der Waals surface area (Å²) in [7, 11) is 1.66. The number of anilines is 1. The summed E-state index contributed by atoms with van der Waals surface area (Å²) in [5, 5.41) is 15.3. The van der Waals surface area contributed by atoms with Gasteiger partial charge in [0.05, 0.1) is 24.8 Å². The number of aliphatic hydroxyl groups excluding tert-OH is 1. The number of piperidine rings is 4. The number of methoxy groups -OCH3 is 1. The third-order valence-corrected chi connectivity index (χ3v) is 10.3. The molecule has 0 spiro atoms. The molecule has 5 heterocycles. The summed E-state index contributed by atoms with van der Waals surface area (Å²) in [6, 6.07) is 14.1. The van der Waals surface area contributed by atoms with E-state index in [2.05, 4.69) is 65.7 Å². The van der Waals surface area contributed by atoms with Gasteiger partial charge in [0.1, 0.15) is 5.75 Å². The van der Waals surface area contributed by atoms with E-state index in [1.807, 2.05) is 30.3 Å². The number of hydrogen-bond acceptors (Lipinski definition) is 6. The fourth-order valence-corrected chi connectivity index (χ4v) is 7.58. The van der Waals surface area contributed by atoms with Gasteiger partial charge in [-0.1, -0.05) is 44.0 Å². The summed E-state index contributed by atoms with van der Waals surface area (Å²) in [6.07, 6.45) is 11.3. The average Bonchev–Trinajstić information content (AvgIpc) is 3.08. The van der Waals surface area contributed by atoms with Crippen molar-refractivity contribution in [2.45, 2.75) is 83.9 Å². The van der Waals surface area contributed by atoms with E-state index in [1.54, 1.807) is 13.3 Å². The summed E-state index contributed by atoms with van der Waals surface area (Å²) in [5.74, 6) is 2.18. The molecule has 7 rings (SSSR count). The number of ether oxygens (including phenoxy) is 1. The number of halogens is 1. The largest absolute Gasteiger partial charge is 0.497 e. The van der Waals surface area contributed by atoms with E-state index >= 15 is 0 Å². The van der Waals surface area contributed by atoms with E-state index in [-0.39, 0.29) is 35.9 Å². The fourth-order valence-electron chi connectivity index (χ4n) is 7.58. The zero-order chi connectivity index (χ0) is 31.9. The normalized spacial score (nSPS) is 24.1. The standard InChI is InChI=1S/C20H24N2O2.C18H28N2O.ClH.H2O/c1-3-13-12-22-9-7-14(13)10-19(22)20(23)16-6-8-21-18-5-4-15(24-2)11-17(16)18;1-4-5-12-20-13-7-6-11-16(20)18(21)19-17-14(2)9-8-10-15(17)3;;/h3-6,8,11,13-14,19-20,23H,1,7,9-10,12H2,2H3;8-10,16H,4-7,11-13H2,1-3H3,(H,19,21);1H;1H2/t13-,14-,19+,20-;;;/m0.../s1. The number of nitrogens with one attached hydrogen (secondary N) is 1. The molecule has 4 fully saturated rings. The summed E-state index contributed by atoms with van der Waals surface area (Å²) < 4.78 is 5.35. The van der Waals surface area contributed by atoms with Gasteiger partial charge < -0.3 is 20.6 Å². The predicted molar refractivity (Wildman–Crippen MR) is 195 cm³/mol. The number of aromatic nitrogens is 1. The Morgan fingerprint density at radius 2 is 1.91 bits per heavy atom. The first-order valence-corrected chi connectivity index (χ1v) is 16.9. The lowest BCUT2D eigenvalue weighted by molar-refractivity contribution is -0.122. The first-order valence-electron chi connectivity index (χ1n) is 16.9. The molecular formula is C38H55ClN4O4. The zero-order valence-corrected chi connectivity index (χ0v) is 29.4. The maximum absolute atomic E-state index is 12.7. The van der Waals surface area contributed by atoms with Crippen LogP contribution in [0.25, 0.3) is 10.9 Å². The fraction of sp³-hybridized carbons (Fsp3) is 0.526. The highest BCUT2D eigenvalue weighted by Crippen LogP contribution is 2.42. The molecule has 2 aromatic carbocycles. The van der Waals surface area contributed by atoms with E-state index < -0.39 is 6.10 Å². The highest BCUT2D eigenvalue weighted by molar-refractivity contribution is 5.96. The Balaban J connectivity index is 0.000000247. The molecule has 4 aliphatic rings. The molecule has 6 atom stereocenters. The average molecular weight is 667 g/mol. The van der Waals surface area contributed by atoms with Gasteiger partial charge >= 0.3 is 0 Å². The molecule has 3 aromatic rings. The first-order chi connectivity index (χ1) is 21.8. The van der Waals surface area contributed by atoms with Gasteiger partial charge in [0.15, 0.2) is 0 Å². The number of pyridine rings is 1. The monoisotopic (exact) mass is 666 g/mol. The molecule has 0 aliphatic carbocycles. The Labute approximate surface area is 287 Å². The molecule has 4 saturated heterocycles. The van der Waals surface area contributed by atoms with Crippen LogP contribution in [0.2, 0.25) is 0 Å². The number of benzene rings is 2. The minimum Gasteiger partial charge on any atom is -0.497 e. The van der Waals surface area contributed by atoms with Crippen molar-refractivity contribution >= 4 is 34.9 Å². The quantitative estimate of drug-likeness (QED) is 0.247. The second-order valence-corrected chi connectivity index (χ2v) is 13.1. The van der Waals surface area contributed by atoms with Crippen LogP contribution in [0, 0.1) is 25.7 Å². The molecule has 4 N–H and O–H groups in total. The first kappa shape index (κ1) is 38.4. The van der Waals surface area contributed by atoms with Crippen molar-refractivity contribution in [3.8, 4) is 5.75 Å². The van der Waals surface area contributed by atoms with Crippen molar-refractivity contribution in [2.24, 2.45) is 11.8 Å². The lowest BCUT2D eigenvalue weighted by Crippen LogP contribution is -2.54. The predicted octanol–water partition coefficient (Wildman–Crippen LogP) is 6.67. The number of fused-ring (bicyclic) bond motifs is 4. The van der Waals surface area contributed by atoms with Gasteiger partial charge in [0.25, 0.3) is 0 Å². The van der Waals surface area contributed by atoms with Gasteiger partial charge in [-0.2, -0.15) is 0 Å². The molecule has 0 radical (unpaired) electrons.